The fourth-order valence-corrected chi connectivity index (χ4v) is 3.81. The maximum Gasteiger partial charge on any atom is 0.205 e. The van der Waals surface area contributed by atoms with Crippen LogP contribution in [-0.2, 0) is 9.53 Å². The quantitative estimate of drug-likeness (QED) is 0.860. The SMILES string of the molecule is CC1CC(=O)C2=C(C1)OC(N)=C(C#N)C2c1ccc2ccccc2c1. The van der Waals surface area contributed by atoms with Crippen molar-refractivity contribution in [3.63, 3.8) is 0 Å². The molecule has 0 aromatic heterocycles. The summed E-state index contributed by atoms with van der Waals surface area (Å²) in [6, 6.07) is 16.2. The van der Waals surface area contributed by atoms with Crippen molar-refractivity contribution < 1.29 is 9.53 Å². The number of Topliss-reactive ketones (excluding diaryl/α,β-unsaturated/α-hetero) is 1. The first-order valence-corrected chi connectivity index (χ1v) is 8.41. The first-order chi connectivity index (χ1) is 12.1. The lowest BCUT2D eigenvalue weighted by Gasteiger charge is -2.33. The lowest BCUT2D eigenvalue weighted by molar-refractivity contribution is -0.117. The van der Waals surface area contributed by atoms with Crippen LogP contribution in [0.25, 0.3) is 10.8 Å². The third kappa shape index (κ3) is 2.49. The number of benzene rings is 2. The molecule has 0 spiro atoms. The van der Waals surface area contributed by atoms with Crippen molar-refractivity contribution in [3.05, 3.63) is 70.8 Å². The first-order valence-electron chi connectivity index (χ1n) is 8.41. The van der Waals surface area contributed by atoms with E-state index in [9.17, 15) is 10.1 Å². The van der Waals surface area contributed by atoms with Crippen molar-refractivity contribution in [2.24, 2.45) is 11.7 Å². The van der Waals surface area contributed by atoms with Crippen LogP contribution in [0, 0.1) is 17.2 Å². The summed E-state index contributed by atoms with van der Waals surface area (Å²) >= 11 is 0. The van der Waals surface area contributed by atoms with Crippen molar-refractivity contribution in [1.82, 2.24) is 0 Å². The Morgan fingerprint density at radius 3 is 2.68 bits per heavy atom. The highest BCUT2D eigenvalue weighted by Gasteiger charge is 2.39. The normalized spacial score (nSPS) is 23.3. The molecule has 2 aliphatic rings. The summed E-state index contributed by atoms with van der Waals surface area (Å²) in [6.45, 7) is 2.02. The largest absolute Gasteiger partial charge is 0.444 e. The van der Waals surface area contributed by atoms with Gasteiger partial charge in [-0.15, -0.1) is 0 Å². The number of fused-ring (bicyclic) bond motifs is 1. The van der Waals surface area contributed by atoms with Gasteiger partial charge in [0.2, 0.25) is 5.88 Å². The van der Waals surface area contributed by atoms with E-state index in [0.29, 0.717) is 29.7 Å². The number of rotatable bonds is 1. The number of allylic oxidation sites excluding steroid dienone is 3. The summed E-state index contributed by atoms with van der Waals surface area (Å²) in [5, 5.41) is 11.8. The fourth-order valence-electron chi connectivity index (χ4n) is 3.81. The molecule has 124 valence electrons. The van der Waals surface area contributed by atoms with Crippen molar-refractivity contribution in [1.29, 1.82) is 5.26 Å². The zero-order chi connectivity index (χ0) is 17.6. The molecule has 0 fully saturated rings. The van der Waals surface area contributed by atoms with Crippen molar-refractivity contribution in [2.45, 2.75) is 25.7 Å². The average Bonchev–Trinajstić information content (AvgIpc) is 2.59. The predicted molar refractivity (Wildman–Crippen MR) is 95.0 cm³/mol. The summed E-state index contributed by atoms with van der Waals surface area (Å²) in [4.78, 5) is 12.7. The summed E-state index contributed by atoms with van der Waals surface area (Å²) < 4.78 is 5.67. The molecule has 2 N–H and O–H groups in total. The van der Waals surface area contributed by atoms with E-state index in [1.807, 2.05) is 49.4 Å². The number of hydrogen-bond acceptors (Lipinski definition) is 4. The van der Waals surface area contributed by atoms with Gasteiger partial charge in [-0.1, -0.05) is 49.4 Å². The van der Waals surface area contributed by atoms with E-state index < -0.39 is 5.92 Å². The third-order valence-corrected chi connectivity index (χ3v) is 4.97. The van der Waals surface area contributed by atoms with Gasteiger partial charge in [-0.05, 0) is 22.3 Å². The molecule has 2 unspecified atom stereocenters. The van der Waals surface area contributed by atoms with Gasteiger partial charge in [0.05, 0.1) is 5.92 Å². The molecule has 2 atom stereocenters. The van der Waals surface area contributed by atoms with Gasteiger partial charge in [0.25, 0.3) is 0 Å². The molecule has 0 saturated carbocycles. The Balaban J connectivity index is 1.92. The molecular weight excluding hydrogens is 312 g/mol. The van der Waals surface area contributed by atoms with E-state index in [4.69, 9.17) is 10.5 Å². The van der Waals surface area contributed by atoms with Gasteiger partial charge in [0, 0.05) is 18.4 Å². The van der Waals surface area contributed by atoms with E-state index in [2.05, 4.69) is 6.07 Å². The zero-order valence-corrected chi connectivity index (χ0v) is 14.0. The monoisotopic (exact) mass is 330 g/mol. The van der Waals surface area contributed by atoms with Gasteiger partial charge in [0.1, 0.15) is 17.4 Å². The second-order valence-electron chi connectivity index (χ2n) is 6.80. The summed E-state index contributed by atoms with van der Waals surface area (Å²) in [5.41, 5.74) is 7.83. The highest BCUT2D eigenvalue weighted by atomic mass is 16.5. The number of nitriles is 1. The van der Waals surface area contributed by atoms with Gasteiger partial charge in [-0.2, -0.15) is 5.26 Å². The smallest absolute Gasteiger partial charge is 0.205 e. The van der Waals surface area contributed by atoms with Crippen LogP contribution in [0.5, 0.6) is 0 Å². The van der Waals surface area contributed by atoms with Crippen molar-refractivity contribution in [3.8, 4) is 6.07 Å². The molecule has 1 aliphatic carbocycles. The van der Waals surface area contributed by atoms with Gasteiger partial charge >= 0.3 is 0 Å². The minimum absolute atomic E-state index is 0.0483. The number of nitrogens with zero attached hydrogens (tertiary/aromatic N) is 1. The standard InChI is InChI=1S/C21H18N2O2/c1-12-8-17(24)20-18(9-12)25-21(23)16(11-22)19(20)15-7-6-13-4-2-3-5-14(13)10-15/h2-7,10,12,19H,8-9,23H2,1H3. The van der Waals surface area contributed by atoms with Crippen LogP contribution < -0.4 is 5.73 Å². The number of ketones is 1. The van der Waals surface area contributed by atoms with E-state index >= 15 is 0 Å². The Morgan fingerprint density at radius 2 is 1.92 bits per heavy atom. The van der Waals surface area contributed by atoms with Crippen LogP contribution in [0.4, 0.5) is 0 Å². The molecule has 2 aromatic rings. The second kappa shape index (κ2) is 5.78. The molecule has 1 aliphatic heterocycles. The van der Waals surface area contributed by atoms with Crippen LogP contribution in [0.3, 0.4) is 0 Å². The molecule has 0 bridgehead atoms. The molecule has 25 heavy (non-hydrogen) atoms. The Bertz CT molecular complexity index is 994. The van der Waals surface area contributed by atoms with Gasteiger partial charge < -0.3 is 10.5 Å². The Labute approximate surface area is 146 Å². The minimum Gasteiger partial charge on any atom is -0.444 e. The van der Waals surface area contributed by atoms with Gasteiger partial charge in [-0.25, -0.2) is 0 Å². The number of carbonyl (C=O) groups excluding carboxylic acids is 1. The number of hydrogen-bond donors (Lipinski definition) is 1. The Kier molecular flexibility index (Phi) is 3.58. The highest BCUT2D eigenvalue weighted by molar-refractivity contribution is 6.00. The minimum atomic E-state index is -0.446. The van der Waals surface area contributed by atoms with Gasteiger partial charge in [-0.3, -0.25) is 4.79 Å². The van der Waals surface area contributed by atoms with Crippen LogP contribution in [0.2, 0.25) is 0 Å². The summed E-state index contributed by atoms with van der Waals surface area (Å²) in [5.74, 6) is 0.560. The number of carbonyl (C=O) groups is 1. The van der Waals surface area contributed by atoms with E-state index in [1.54, 1.807) is 0 Å². The molecule has 2 aromatic carbocycles. The average molecular weight is 330 g/mol. The van der Waals surface area contributed by atoms with E-state index in [-0.39, 0.29) is 17.6 Å². The fraction of sp³-hybridized carbons (Fsp3) is 0.238. The maximum atomic E-state index is 12.7. The lowest BCUT2D eigenvalue weighted by Crippen LogP contribution is -2.29. The second-order valence-corrected chi connectivity index (χ2v) is 6.80. The summed E-state index contributed by atoms with van der Waals surface area (Å²) in [7, 11) is 0. The molecule has 4 heteroatoms. The number of ether oxygens (including phenoxy) is 1. The zero-order valence-electron chi connectivity index (χ0n) is 14.0. The van der Waals surface area contributed by atoms with Crippen LogP contribution in [0.1, 0.15) is 31.2 Å². The van der Waals surface area contributed by atoms with Crippen LogP contribution in [-0.4, -0.2) is 5.78 Å². The van der Waals surface area contributed by atoms with Crippen LogP contribution in [0.15, 0.2) is 65.3 Å². The topological polar surface area (TPSA) is 76.1 Å². The molecule has 0 radical (unpaired) electrons. The van der Waals surface area contributed by atoms with E-state index in [0.717, 1.165) is 16.3 Å². The maximum absolute atomic E-state index is 12.7. The van der Waals surface area contributed by atoms with Crippen molar-refractivity contribution >= 4 is 16.6 Å². The van der Waals surface area contributed by atoms with E-state index in [1.165, 1.54) is 0 Å². The number of nitrogens with two attached hydrogens (primary N) is 1. The summed E-state index contributed by atoms with van der Waals surface area (Å²) in [6.07, 6.45) is 1.15. The molecule has 4 rings (SSSR count). The molecule has 1 heterocycles. The van der Waals surface area contributed by atoms with Crippen LogP contribution >= 0.6 is 0 Å². The van der Waals surface area contributed by atoms with Crippen molar-refractivity contribution in [2.75, 3.05) is 0 Å². The lowest BCUT2D eigenvalue weighted by atomic mass is 9.75. The molecule has 4 nitrogen and oxygen atoms in total. The Hall–Kier alpha value is -3.06. The molecule has 0 amide bonds. The van der Waals surface area contributed by atoms with Gasteiger partial charge in [0.15, 0.2) is 5.78 Å². The third-order valence-electron chi connectivity index (χ3n) is 4.97. The first kappa shape index (κ1) is 15.5. The molecular formula is C21H18N2O2. The highest BCUT2D eigenvalue weighted by Crippen LogP contribution is 2.44. The molecule has 0 saturated heterocycles. The predicted octanol–water partition coefficient (Wildman–Crippen LogP) is 3.90. The Morgan fingerprint density at radius 1 is 1.16 bits per heavy atom.